The molecule has 172 valence electrons. The molecule has 5 nitrogen and oxygen atoms in total. The van der Waals surface area contributed by atoms with Gasteiger partial charge in [-0.2, -0.15) is 5.26 Å². The molecule has 0 saturated carbocycles. The molecule has 4 rings (SSSR count). The third-order valence-corrected chi connectivity index (χ3v) is 6.28. The number of hydrogen-bond donors (Lipinski definition) is 0. The molecule has 0 atom stereocenters. The van der Waals surface area contributed by atoms with Gasteiger partial charge in [0.2, 0.25) is 0 Å². The van der Waals surface area contributed by atoms with E-state index in [2.05, 4.69) is 54.9 Å². The Hall–Kier alpha value is -4.04. The highest BCUT2D eigenvalue weighted by Crippen LogP contribution is 2.38. The standard InChI is InChI=1S/C29H29N3O2/c1-5-31(6-2)29(33)34-27-14-13-26-25(28(27)23-11-8-22(18-30)9-12-23)15-16-32(26)19-24-10-7-20(3)17-21(24)4/h7-17H,5-6,19H2,1-4H3. The van der Waals surface area contributed by atoms with Crippen LogP contribution in [0.4, 0.5) is 4.79 Å². The van der Waals surface area contributed by atoms with E-state index in [0.29, 0.717) is 24.4 Å². The highest BCUT2D eigenvalue weighted by atomic mass is 16.6. The van der Waals surface area contributed by atoms with E-state index in [4.69, 9.17) is 4.74 Å². The number of fused-ring (bicyclic) bond motifs is 1. The fourth-order valence-corrected chi connectivity index (χ4v) is 4.33. The molecule has 0 fully saturated rings. The van der Waals surface area contributed by atoms with Crippen molar-refractivity contribution in [2.45, 2.75) is 34.2 Å². The minimum atomic E-state index is -0.367. The highest BCUT2D eigenvalue weighted by molar-refractivity contribution is 5.99. The zero-order chi connectivity index (χ0) is 24.2. The van der Waals surface area contributed by atoms with Gasteiger partial charge in [0.1, 0.15) is 5.75 Å². The Bertz CT molecular complexity index is 1370. The number of hydrogen-bond acceptors (Lipinski definition) is 3. The molecule has 0 unspecified atom stereocenters. The van der Waals surface area contributed by atoms with Crippen LogP contribution >= 0.6 is 0 Å². The summed E-state index contributed by atoms with van der Waals surface area (Å²) in [5.74, 6) is 0.512. The second-order valence-corrected chi connectivity index (χ2v) is 8.47. The predicted octanol–water partition coefficient (Wildman–Crippen LogP) is 6.69. The highest BCUT2D eigenvalue weighted by Gasteiger charge is 2.19. The van der Waals surface area contributed by atoms with E-state index in [1.54, 1.807) is 17.0 Å². The number of rotatable bonds is 6. The van der Waals surface area contributed by atoms with Crippen LogP contribution in [0.15, 0.2) is 66.9 Å². The van der Waals surface area contributed by atoms with Crippen LogP contribution in [0.5, 0.6) is 5.75 Å². The summed E-state index contributed by atoms with van der Waals surface area (Å²) in [6.45, 7) is 10.0. The van der Waals surface area contributed by atoms with Crippen molar-refractivity contribution in [3.05, 3.63) is 89.1 Å². The summed E-state index contributed by atoms with van der Waals surface area (Å²) in [6.07, 6.45) is 1.71. The first kappa shape index (κ1) is 23.1. The Morgan fingerprint density at radius 1 is 1.00 bits per heavy atom. The molecule has 1 amide bonds. The second-order valence-electron chi connectivity index (χ2n) is 8.47. The van der Waals surface area contributed by atoms with E-state index >= 15 is 0 Å². The molecule has 0 aliphatic carbocycles. The van der Waals surface area contributed by atoms with Crippen molar-refractivity contribution in [3.63, 3.8) is 0 Å². The van der Waals surface area contributed by atoms with E-state index < -0.39 is 0 Å². The molecule has 0 radical (unpaired) electrons. The summed E-state index contributed by atoms with van der Waals surface area (Å²) >= 11 is 0. The van der Waals surface area contributed by atoms with Gasteiger partial charge in [-0.05, 0) is 74.7 Å². The van der Waals surface area contributed by atoms with Crippen molar-refractivity contribution >= 4 is 17.0 Å². The Labute approximate surface area is 200 Å². The maximum absolute atomic E-state index is 12.8. The largest absolute Gasteiger partial charge is 0.415 e. The van der Waals surface area contributed by atoms with Crippen molar-refractivity contribution in [1.29, 1.82) is 5.26 Å². The average molecular weight is 452 g/mol. The lowest BCUT2D eigenvalue weighted by Gasteiger charge is -2.20. The molecule has 0 bridgehead atoms. The molecule has 1 aromatic heterocycles. The lowest BCUT2D eigenvalue weighted by molar-refractivity contribution is 0.157. The fraction of sp³-hybridized carbons (Fsp3) is 0.241. The van der Waals surface area contributed by atoms with Crippen LogP contribution in [0.25, 0.3) is 22.0 Å². The fourth-order valence-electron chi connectivity index (χ4n) is 4.33. The van der Waals surface area contributed by atoms with Gasteiger partial charge in [-0.25, -0.2) is 4.79 Å². The first-order chi connectivity index (χ1) is 16.4. The molecule has 34 heavy (non-hydrogen) atoms. The summed E-state index contributed by atoms with van der Waals surface area (Å²) in [4.78, 5) is 14.4. The van der Waals surface area contributed by atoms with E-state index in [1.807, 2.05) is 38.1 Å². The molecule has 0 N–H and O–H groups in total. The molecule has 0 spiro atoms. The average Bonchev–Trinajstić information content (AvgIpc) is 3.24. The van der Waals surface area contributed by atoms with Gasteiger partial charge in [0, 0.05) is 42.3 Å². The molecule has 5 heteroatoms. The van der Waals surface area contributed by atoms with Gasteiger partial charge in [-0.3, -0.25) is 0 Å². The van der Waals surface area contributed by atoms with Crippen LogP contribution in [-0.2, 0) is 6.54 Å². The number of aromatic nitrogens is 1. The third-order valence-electron chi connectivity index (χ3n) is 6.28. The number of carbonyl (C=O) groups is 1. The topological polar surface area (TPSA) is 58.3 Å². The van der Waals surface area contributed by atoms with Crippen molar-refractivity contribution in [1.82, 2.24) is 9.47 Å². The summed E-state index contributed by atoms with van der Waals surface area (Å²) in [7, 11) is 0. The number of aryl methyl sites for hydroxylation is 2. The van der Waals surface area contributed by atoms with E-state index in [9.17, 15) is 10.1 Å². The van der Waals surface area contributed by atoms with E-state index in [-0.39, 0.29) is 6.09 Å². The van der Waals surface area contributed by atoms with Gasteiger partial charge in [-0.15, -0.1) is 0 Å². The first-order valence-electron chi connectivity index (χ1n) is 11.6. The number of amides is 1. The molecular formula is C29H29N3O2. The van der Waals surface area contributed by atoms with Crippen LogP contribution in [0.2, 0.25) is 0 Å². The molecular weight excluding hydrogens is 422 g/mol. The van der Waals surface area contributed by atoms with Gasteiger partial charge in [0.15, 0.2) is 0 Å². The van der Waals surface area contributed by atoms with Crippen LogP contribution < -0.4 is 4.74 Å². The number of ether oxygens (including phenoxy) is 1. The number of nitriles is 1. The van der Waals surface area contributed by atoms with Crippen LogP contribution in [0.3, 0.4) is 0 Å². The quantitative estimate of drug-likeness (QED) is 0.328. The van der Waals surface area contributed by atoms with Crippen LogP contribution in [0.1, 0.15) is 36.1 Å². The number of carbonyl (C=O) groups excluding carboxylic acids is 1. The lowest BCUT2D eigenvalue weighted by Crippen LogP contribution is -2.33. The second kappa shape index (κ2) is 9.84. The van der Waals surface area contributed by atoms with Crippen molar-refractivity contribution in [2.75, 3.05) is 13.1 Å². The minimum absolute atomic E-state index is 0.367. The Morgan fingerprint density at radius 2 is 1.74 bits per heavy atom. The SMILES string of the molecule is CCN(CC)C(=O)Oc1ccc2c(ccn2Cc2ccc(C)cc2C)c1-c1ccc(C#N)cc1. The zero-order valence-electron chi connectivity index (χ0n) is 20.1. The van der Waals surface area contributed by atoms with Crippen molar-refractivity contribution < 1.29 is 9.53 Å². The number of benzene rings is 3. The third kappa shape index (κ3) is 4.53. The van der Waals surface area contributed by atoms with Gasteiger partial charge < -0.3 is 14.2 Å². The van der Waals surface area contributed by atoms with Gasteiger partial charge >= 0.3 is 6.09 Å². The molecule has 0 aliphatic heterocycles. The van der Waals surface area contributed by atoms with Gasteiger partial charge in [0.05, 0.1) is 11.6 Å². The number of nitrogens with zero attached hydrogens (tertiary/aromatic N) is 3. The monoisotopic (exact) mass is 451 g/mol. The van der Waals surface area contributed by atoms with Crippen molar-refractivity contribution in [3.8, 4) is 22.9 Å². The maximum Gasteiger partial charge on any atom is 0.415 e. The van der Waals surface area contributed by atoms with Gasteiger partial charge in [-0.1, -0.05) is 35.9 Å². The van der Waals surface area contributed by atoms with Crippen molar-refractivity contribution in [2.24, 2.45) is 0 Å². The molecule has 4 aromatic rings. The first-order valence-corrected chi connectivity index (χ1v) is 11.6. The van der Waals surface area contributed by atoms with E-state index in [1.165, 1.54) is 16.7 Å². The lowest BCUT2D eigenvalue weighted by atomic mass is 9.99. The van der Waals surface area contributed by atoms with Gasteiger partial charge in [0.25, 0.3) is 0 Å². The summed E-state index contributed by atoms with van der Waals surface area (Å²) < 4.78 is 8.10. The summed E-state index contributed by atoms with van der Waals surface area (Å²) in [6, 6.07) is 22.0. The van der Waals surface area contributed by atoms with Crippen LogP contribution in [-0.4, -0.2) is 28.6 Å². The summed E-state index contributed by atoms with van der Waals surface area (Å²) in [5.41, 5.74) is 7.17. The Morgan fingerprint density at radius 3 is 2.38 bits per heavy atom. The molecule has 0 saturated heterocycles. The molecule has 0 aliphatic rings. The smallest absolute Gasteiger partial charge is 0.410 e. The molecule has 3 aromatic carbocycles. The molecule has 1 heterocycles. The van der Waals surface area contributed by atoms with Crippen LogP contribution in [0, 0.1) is 25.2 Å². The van der Waals surface area contributed by atoms with E-state index in [0.717, 1.165) is 28.6 Å². The maximum atomic E-state index is 12.8. The zero-order valence-corrected chi connectivity index (χ0v) is 20.1. The minimum Gasteiger partial charge on any atom is -0.410 e. The Kier molecular flexibility index (Phi) is 6.70. The Balaban J connectivity index is 1.82. The normalized spacial score (nSPS) is 10.8. The summed E-state index contributed by atoms with van der Waals surface area (Å²) in [5, 5.41) is 10.2. The predicted molar refractivity (Wildman–Crippen MR) is 136 cm³/mol.